The van der Waals surface area contributed by atoms with Crippen LogP contribution in [0.3, 0.4) is 0 Å². The van der Waals surface area contributed by atoms with Crippen LogP contribution in [0.25, 0.3) is 0 Å². The van der Waals surface area contributed by atoms with E-state index < -0.39 is 0 Å². The average Bonchev–Trinajstić information content (AvgIpc) is 2.28. The van der Waals surface area contributed by atoms with Crippen molar-refractivity contribution < 1.29 is 4.74 Å². The van der Waals surface area contributed by atoms with Crippen molar-refractivity contribution in [3.63, 3.8) is 0 Å². The highest BCUT2D eigenvalue weighted by Crippen LogP contribution is 2.33. The van der Waals surface area contributed by atoms with Crippen molar-refractivity contribution >= 4 is 12.6 Å². The molecule has 1 rings (SSSR count). The molecule has 1 atom stereocenters. The standard InChI is InChI=1S/C15H25NOS/c1-15(2,3)11-7-8-14(17-6)12(9-11)13(10-18)16(4)5/h7-9,13,18H,10H2,1-6H3. The van der Waals surface area contributed by atoms with Crippen LogP contribution in [-0.2, 0) is 5.41 Å². The van der Waals surface area contributed by atoms with Crippen LogP contribution in [0.1, 0.15) is 37.9 Å². The van der Waals surface area contributed by atoms with E-state index in [1.165, 1.54) is 11.1 Å². The van der Waals surface area contributed by atoms with Crippen molar-refractivity contribution in [1.82, 2.24) is 4.90 Å². The molecule has 0 radical (unpaired) electrons. The van der Waals surface area contributed by atoms with Gasteiger partial charge in [-0.2, -0.15) is 12.6 Å². The maximum absolute atomic E-state index is 5.49. The number of rotatable bonds is 4. The molecule has 1 aromatic carbocycles. The minimum Gasteiger partial charge on any atom is -0.496 e. The molecular weight excluding hydrogens is 242 g/mol. The van der Waals surface area contributed by atoms with Crippen LogP contribution in [-0.4, -0.2) is 31.9 Å². The highest BCUT2D eigenvalue weighted by Gasteiger charge is 2.21. The molecule has 102 valence electrons. The Morgan fingerprint density at radius 2 is 1.89 bits per heavy atom. The molecule has 0 N–H and O–H groups in total. The zero-order valence-corrected chi connectivity index (χ0v) is 13.2. The minimum atomic E-state index is 0.147. The summed E-state index contributed by atoms with van der Waals surface area (Å²) >= 11 is 4.46. The molecule has 0 saturated carbocycles. The number of benzene rings is 1. The molecule has 1 aromatic rings. The zero-order valence-electron chi connectivity index (χ0n) is 12.3. The Kier molecular flexibility index (Phi) is 5.11. The fraction of sp³-hybridized carbons (Fsp3) is 0.600. The molecule has 1 unspecified atom stereocenters. The van der Waals surface area contributed by atoms with Crippen LogP contribution in [0.2, 0.25) is 0 Å². The molecule has 0 aliphatic carbocycles. The summed E-state index contributed by atoms with van der Waals surface area (Å²) in [5.41, 5.74) is 2.69. The highest BCUT2D eigenvalue weighted by atomic mass is 32.1. The molecule has 0 aliphatic heterocycles. The second kappa shape index (κ2) is 5.98. The molecule has 0 heterocycles. The highest BCUT2D eigenvalue weighted by molar-refractivity contribution is 7.80. The fourth-order valence-electron chi connectivity index (χ4n) is 2.00. The summed E-state index contributed by atoms with van der Waals surface area (Å²) in [6.07, 6.45) is 0. The normalized spacial score (nSPS) is 13.8. The lowest BCUT2D eigenvalue weighted by atomic mass is 9.85. The summed E-state index contributed by atoms with van der Waals surface area (Å²) in [4.78, 5) is 2.18. The van der Waals surface area contributed by atoms with Gasteiger partial charge in [-0.05, 0) is 37.2 Å². The van der Waals surface area contributed by atoms with Crippen LogP contribution in [0, 0.1) is 0 Å². The molecule has 0 aliphatic rings. The van der Waals surface area contributed by atoms with E-state index in [2.05, 4.69) is 70.6 Å². The van der Waals surface area contributed by atoms with E-state index in [-0.39, 0.29) is 11.5 Å². The van der Waals surface area contributed by atoms with Crippen LogP contribution in [0.15, 0.2) is 18.2 Å². The van der Waals surface area contributed by atoms with Crippen molar-refractivity contribution in [2.75, 3.05) is 27.0 Å². The van der Waals surface area contributed by atoms with Crippen LogP contribution >= 0.6 is 12.6 Å². The summed E-state index contributed by atoms with van der Waals surface area (Å²) in [6.45, 7) is 6.68. The molecule has 0 saturated heterocycles. The predicted molar refractivity (Wildman–Crippen MR) is 82.0 cm³/mol. The third-order valence-corrected chi connectivity index (χ3v) is 3.60. The first-order valence-electron chi connectivity index (χ1n) is 6.27. The maximum Gasteiger partial charge on any atom is 0.123 e. The predicted octanol–water partition coefficient (Wildman–Crippen LogP) is 3.53. The minimum absolute atomic E-state index is 0.147. The Morgan fingerprint density at radius 1 is 1.28 bits per heavy atom. The molecule has 2 nitrogen and oxygen atoms in total. The topological polar surface area (TPSA) is 12.5 Å². The first kappa shape index (κ1) is 15.4. The summed E-state index contributed by atoms with van der Waals surface area (Å²) in [6, 6.07) is 6.73. The van der Waals surface area contributed by atoms with Gasteiger partial charge in [0.25, 0.3) is 0 Å². The molecular formula is C15H25NOS. The maximum atomic E-state index is 5.49. The molecule has 0 aromatic heterocycles. The van der Waals surface area contributed by atoms with E-state index in [1.54, 1.807) is 7.11 Å². The summed E-state index contributed by atoms with van der Waals surface area (Å²) in [7, 11) is 5.87. The molecule has 0 amide bonds. The van der Waals surface area contributed by atoms with Crippen LogP contribution < -0.4 is 4.74 Å². The van der Waals surface area contributed by atoms with Crippen molar-refractivity contribution in [1.29, 1.82) is 0 Å². The first-order chi connectivity index (χ1) is 8.31. The van der Waals surface area contributed by atoms with Crippen molar-refractivity contribution in [2.24, 2.45) is 0 Å². The van der Waals surface area contributed by atoms with Crippen molar-refractivity contribution in [3.8, 4) is 5.75 Å². The van der Waals surface area contributed by atoms with Crippen molar-refractivity contribution in [2.45, 2.75) is 32.2 Å². The van der Waals surface area contributed by atoms with E-state index in [1.807, 2.05) is 0 Å². The third-order valence-electron chi connectivity index (χ3n) is 3.25. The lowest BCUT2D eigenvalue weighted by molar-refractivity contribution is 0.312. The molecule has 3 heteroatoms. The van der Waals surface area contributed by atoms with Gasteiger partial charge in [-0.3, -0.25) is 0 Å². The van der Waals surface area contributed by atoms with Gasteiger partial charge in [0.2, 0.25) is 0 Å². The van der Waals surface area contributed by atoms with Gasteiger partial charge < -0.3 is 9.64 Å². The lowest BCUT2D eigenvalue weighted by Gasteiger charge is -2.27. The zero-order chi connectivity index (χ0) is 13.9. The molecule has 0 fully saturated rings. The van der Waals surface area contributed by atoms with E-state index in [0.717, 1.165) is 11.5 Å². The van der Waals surface area contributed by atoms with E-state index >= 15 is 0 Å². The van der Waals surface area contributed by atoms with Gasteiger partial charge in [-0.1, -0.05) is 26.8 Å². The third kappa shape index (κ3) is 3.42. The van der Waals surface area contributed by atoms with Crippen molar-refractivity contribution in [3.05, 3.63) is 29.3 Å². The van der Waals surface area contributed by atoms with Gasteiger partial charge >= 0.3 is 0 Å². The largest absolute Gasteiger partial charge is 0.496 e. The first-order valence-corrected chi connectivity index (χ1v) is 6.90. The van der Waals surface area contributed by atoms with Gasteiger partial charge in [0.15, 0.2) is 0 Å². The van der Waals surface area contributed by atoms with Gasteiger partial charge in [0.05, 0.1) is 7.11 Å². The van der Waals surface area contributed by atoms with E-state index in [9.17, 15) is 0 Å². The summed E-state index contributed by atoms with van der Waals surface area (Å²) in [5.74, 6) is 1.72. The van der Waals surface area contributed by atoms with Gasteiger partial charge in [0.1, 0.15) is 5.75 Å². The number of thiol groups is 1. The van der Waals surface area contributed by atoms with E-state index in [0.29, 0.717) is 0 Å². The Bertz CT molecular complexity index is 396. The Morgan fingerprint density at radius 3 is 2.28 bits per heavy atom. The lowest BCUT2D eigenvalue weighted by Crippen LogP contribution is -2.23. The summed E-state index contributed by atoms with van der Waals surface area (Å²) < 4.78 is 5.49. The Hall–Kier alpha value is -0.670. The number of ether oxygens (including phenoxy) is 1. The molecule has 0 bridgehead atoms. The Balaban J connectivity index is 3.29. The number of nitrogens with zero attached hydrogens (tertiary/aromatic N) is 1. The second-order valence-electron chi connectivity index (χ2n) is 5.87. The number of hydrogen-bond acceptors (Lipinski definition) is 3. The number of methoxy groups -OCH3 is 1. The van der Waals surface area contributed by atoms with Crippen LogP contribution in [0.4, 0.5) is 0 Å². The molecule has 0 spiro atoms. The fourth-order valence-corrected chi connectivity index (χ4v) is 2.52. The number of hydrogen-bond donors (Lipinski definition) is 1. The van der Waals surface area contributed by atoms with Gasteiger partial charge in [-0.25, -0.2) is 0 Å². The Labute approximate surface area is 117 Å². The second-order valence-corrected chi connectivity index (χ2v) is 6.23. The average molecular weight is 267 g/mol. The van der Waals surface area contributed by atoms with Gasteiger partial charge in [-0.15, -0.1) is 0 Å². The van der Waals surface area contributed by atoms with Gasteiger partial charge in [0, 0.05) is 17.4 Å². The quantitative estimate of drug-likeness (QED) is 0.838. The van der Waals surface area contributed by atoms with Crippen LogP contribution in [0.5, 0.6) is 5.75 Å². The smallest absolute Gasteiger partial charge is 0.123 e. The summed E-state index contributed by atoms with van der Waals surface area (Å²) in [5, 5.41) is 0. The monoisotopic (exact) mass is 267 g/mol. The SMILES string of the molecule is COc1ccc(C(C)(C)C)cc1C(CS)N(C)C. The van der Waals surface area contributed by atoms with E-state index in [4.69, 9.17) is 4.74 Å². The molecule has 18 heavy (non-hydrogen) atoms.